The molecule has 0 N–H and O–H groups in total. The average molecular weight is 450 g/mol. The van der Waals surface area contributed by atoms with Gasteiger partial charge in [0.25, 0.3) is 5.56 Å². The minimum absolute atomic E-state index is 0.276. The van der Waals surface area contributed by atoms with Gasteiger partial charge in [-0.3, -0.25) is 9.78 Å². The molecule has 3 heterocycles. The van der Waals surface area contributed by atoms with Crippen molar-refractivity contribution in [2.24, 2.45) is 0 Å². The molecule has 0 atom stereocenters. The molecule has 2 aromatic heterocycles. The van der Waals surface area contributed by atoms with E-state index in [4.69, 9.17) is 25.5 Å². The summed E-state index contributed by atoms with van der Waals surface area (Å²) >= 11 is 6.11. The predicted molar refractivity (Wildman–Crippen MR) is 122 cm³/mol. The van der Waals surface area contributed by atoms with Crippen molar-refractivity contribution in [1.82, 2.24) is 9.97 Å². The van der Waals surface area contributed by atoms with Crippen molar-refractivity contribution < 1.29 is 13.9 Å². The highest BCUT2D eigenvalue weighted by atomic mass is 35.5. The van der Waals surface area contributed by atoms with Crippen LogP contribution in [0.2, 0.25) is 5.02 Å². The number of nitrogens with zero attached hydrogens (tertiary/aromatic N) is 3. The zero-order valence-corrected chi connectivity index (χ0v) is 17.9. The number of fused-ring (bicyclic) bond motifs is 1. The summed E-state index contributed by atoms with van der Waals surface area (Å²) in [6.07, 6.45) is 1.72. The monoisotopic (exact) mass is 449 g/mol. The van der Waals surface area contributed by atoms with Crippen LogP contribution in [0.25, 0.3) is 22.1 Å². The molecule has 0 aliphatic carbocycles. The van der Waals surface area contributed by atoms with Crippen LogP contribution in [0.4, 0.5) is 6.01 Å². The third kappa shape index (κ3) is 4.17. The first-order valence-electron chi connectivity index (χ1n) is 10.3. The lowest BCUT2D eigenvalue weighted by Crippen LogP contribution is -2.37. The van der Waals surface area contributed by atoms with Crippen LogP contribution in [0.3, 0.4) is 0 Å². The molecule has 162 valence electrons. The zero-order chi connectivity index (χ0) is 21.9. The Bertz CT molecular complexity index is 1290. The number of pyridine rings is 1. The van der Waals surface area contributed by atoms with Crippen LogP contribution in [-0.4, -0.2) is 36.3 Å². The van der Waals surface area contributed by atoms with Crippen molar-refractivity contribution in [1.29, 1.82) is 0 Å². The van der Waals surface area contributed by atoms with E-state index in [1.165, 1.54) is 0 Å². The summed E-state index contributed by atoms with van der Waals surface area (Å²) in [5.74, 6) is 0.577. The normalized spacial score (nSPS) is 14.0. The Balaban J connectivity index is 1.65. The van der Waals surface area contributed by atoms with Gasteiger partial charge in [-0.2, -0.15) is 4.98 Å². The first kappa shape index (κ1) is 20.5. The molecule has 7 nitrogen and oxygen atoms in total. The highest BCUT2D eigenvalue weighted by molar-refractivity contribution is 6.30. The number of morpholine rings is 1. The summed E-state index contributed by atoms with van der Waals surface area (Å²) in [6.45, 7) is 2.60. The smallest absolute Gasteiger partial charge is 0.301 e. The second-order valence-corrected chi connectivity index (χ2v) is 7.77. The van der Waals surface area contributed by atoms with E-state index in [-0.39, 0.29) is 18.2 Å². The number of rotatable bonds is 5. The fraction of sp³-hybridized carbons (Fsp3) is 0.208. The SMILES string of the molecule is O=c1nc(N2CCOCC2)oc2c(-c3ccc(Cl)cc3)c(OCc3ccccn3)ccc12. The topological polar surface area (TPSA) is 77.7 Å². The van der Waals surface area contributed by atoms with E-state index in [1.807, 2.05) is 35.2 Å². The molecule has 0 spiro atoms. The van der Waals surface area contributed by atoms with E-state index in [0.29, 0.717) is 53.6 Å². The van der Waals surface area contributed by atoms with Crippen molar-refractivity contribution in [2.45, 2.75) is 6.61 Å². The molecule has 8 heteroatoms. The molecule has 1 aliphatic rings. The number of hydrogen-bond acceptors (Lipinski definition) is 7. The van der Waals surface area contributed by atoms with Crippen molar-refractivity contribution in [3.63, 3.8) is 0 Å². The maximum Gasteiger partial charge on any atom is 0.301 e. The van der Waals surface area contributed by atoms with Gasteiger partial charge in [0.1, 0.15) is 12.4 Å². The van der Waals surface area contributed by atoms with E-state index in [1.54, 1.807) is 30.5 Å². The molecule has 4 aromatic rings. The lowest BCUT2D eigenvalue weighted by atomic mass is 10.0. The van der Waals surface area contributed by atoms with Gasteiger partial charge in [-0.25, -0.2) is 0 Å². The molecule has 1 fully saturated rings. The van der Waals surface area contributed by atoms with Crippen LogP contribution in [0, 0.1) is 0 Å². The highest BCUT2D eigenvalue weighted by Gasteiger charge is 2.21. The Kier molecular flexibility index (Phi) is 5.75. The van der Waals surface area contributed by atoms with Crippen molar-refractivity contribution in [3.05, 3.63) is 81.9 Å². The quantitative estimate of drug-likeness (QED) is 0.449. The first-order valence-corrected chi connectivity index (χ1v) is 10.7. The summed E-state index contributed by atoms with van der Waals surface area (Å²) in [7, 11) is 0. The lowest BCUT2D eigenvalue weighted by Gasteiger charge is -2.26. The van der Waals surface area contributed by atoms with Crippen LogP contribution < -0.4 is 15.2 Å². The van der Waals surface area contributed by atoms with Gasteiger partial charge in [0, 0.05) is 24.3 Å². The Morgan fingerprint density at radius 3 is 2.59 bits per heavy atom. The average Bonchev–Trinajstić information content (AvgIpc) is 2.84. The van der Waals surface area contributed by atoms with E-state index >= 15 is 0 Å². The van der Waals surface area contributed by atoms with E-state index in [2.05, 4.69) is 9.97 Å². The van der Waals surface area contributed by atoms with E-state index in [0.717, 1.165) is 11.3 Å². The molecule has 5 rings (SSSR count). The van der Waals surface area contributed by atoms with Crippen LogP contribution in [-0.2, 0) is 11.3 Å². The van der Waals surface area contributed by atoms with Gasteiger partial charge < -0.3 is 18.8 Å². The molecule has 0 bridgehead atoms. The second-order valence-electron chi connectivity index (χ2n) is 7.33. The van der Waals surface area contributed by atoms with Crippen LogP contribution in [0.1, 0.15) is 5.69 Å². The number of aromatic nitrogens is 2. The molecule has 1 saturated heterocycles. The number of ether oxygens (including phenoxy) is 2. The molecule has 32 heavy (non-hydrogen) atoms. The molecule has 0 amide bonds. The standard InChI is InChI=1S/C24H20ClN3O4/c25-17-6-4-16(5-7-17)21-20(31-15-18-3-1-2-10-26-18)9-8-19-22(21)32-24(27-23(19)29)28-11-13-30-14-12-28/h1-10H,11-15H2. The number of benzene rings is 2. The fourth-order valence-corrected chi connectivity index (χ4v) is 3.76. The van der Waals surface area contributed by atoms with Crippen LogP contribution in [0.15, 0.2) is 70.0 Å². The van der Waals surface area contributed by atoms with Gasteiger partial charge in [-0.15, -0.1) is 0 Å². The maximum absolute atomic E-state index is 12.9. The Morgan fingerprint density at radius 1 is 1.03 bits per heavy atom. The van der Waals surface area contributed by atoms with Gasteiger partial charge in [-0.05, 0) is 42.0 Å². The van der Waals surface area contributed by atoms with Crippen LogP contribution in [0.5, 0.6) is 5.75 Å². The first-order chi connectivity index (χ1) is 15.7. The number of anilines is 1. The highest BCUT2D eigenvalue weighted by Crippen LogP contribution is 2.38. The van der Waals surface area contributed by atoms with Crippen molar-refractivity contribution in [2.75, 3.05) is 31.2 Å². The third-order valence-corrected chi connectivity index (χ3v) is 5.51. The van der Waals surface area contributed by atoms with Gasteiger partial charge in [0.15, 0.2) is 5.58 Å². The largest absolute Gasteiger partial charge is 0.487 e. The summed E-state index contributed by atoms with van der Waals surface area (Å²) in [4.78, 5) is 23.3. The number of hydrogen-bond donors (Lipinski definition) is 0. The summed E-state index contributed by atoms with van der Waals surface area (Å²) in [6, 6.07) is 16.7. The van der Waals surface area contributed by atoms with Gasteiger partial charge in [0.05, 0.1) is 29.9 Å². The van der Waals surface area contributed by atoms with E-state index in [9.17, 15) is 4.79 Å². The van der Waals surface area contributed by atoms with E-state index < -0.39 is 0 Å². The Labute approximate surface area is 189 Å². The van der Waals surface area contributed by atoms with Crippen LogP contribution >= 0.6 is 11.6 Å². The molecule has 1 aliphatic heterocycles. The molecule has 0 unspecified atom stereocenters. The number of halogens is 1. The van der Waals surface area contributed by atoms with Gasteiger partial charge in [-0.1, -0.05) is 29.8 Å². The van der Waals surface area contributed by atoms with Crippen molar-refractivity contribution in [3.8, 4) is 16.9 Å². The second kappa shape index (κ2) is 8.98. The Morgan fingerprint density at radius 2 is 1.84 bits per heavy atom. The molecular formula is C24H20ClN3O4. The summed E-state index contributed by atoms with van der Waals surface area (Å²) in [5, 5.41) is 0.999. The van der Waals surface area contributed by atoms with Gasteiger partial charge in [0.2, 0.25) is 0 Å². The third-order valence-electron chi connectivity index (χ3n) is 5.26. The molecule has 2 aromatic carbocycles. The maximum atomic E-state index is 12.9. The minimum Gasteiger partial charge on any atom is -0.487 e. The molecule has 0 saturated carbocycles. The Hall–Kier alpha value is -3.42. The minimum atomic E-state index is -0.348. The summed E-state index contributed by atoms with van der Waals surface area (Å²) in [5.41, 5.74) is 2.36. The molecular weight excluding hydrogens is 430 g/mol. The fourth-order valence-electron chi connectivity index (χ4n) is 3.64. The van der Waals surface area contributed by atoms with Gasteiger partial charge >= 0.3 is 6.01 Å². The zero-order valence-electron chi connectivity index (χ0n) is 17.2. The lowest BCUT2D eigenvalue weighted by molar-refractivity contribution is 0.120. The molecule has 0 radical (unpaired) electrons. The van der Waals surface area contributed by atoms with Crippen molar-refractivity contribution >= 4 is 28.6 Å². The predicted octanol–water partition coefficient (Wildman–Crippen LogP) is 4.32. The summed E-state index contributed by atoms with van der Waals surface area (Å²) < 4.78 is 17.8.